The molecule has 4 N–H and O–H groups in total. The molecule has 0 aromatic heterocycles. The van der Waals surface area contributed by atoms with E-state index in [9.17, 15) is 4.79 Å². The first-order valence-electron chi connectivity index (χ1n) is 6.57. The molecule has 0 saturated heterocycles. The predicted molar refractivity (Wildman–Crippen MR) is 77.1 cm³/mol. The number of nitrogens with zero attached hydrogens (tertiary/aromatic N) is 1. The zero-order valence-corrected chi connectivity index (χ0v) is 11.8. The summed E-state index contributed by atoms with van der Waals surface area (Å²) in [5.74, 6) is 0.308. The van der Waals surface area contributed by atoms with Gasteiger partial charge >= 0.3 is 0 Å². The number of ether oxygens (including phenoxy) is 1. The molecule has 0 saturated carbocycles. The van der Waals surface area contributed by atoms with Gasteiger partial charge in [-0.2, -0.15) is 0 Å². The minimum Gasteiger partial charge on any atom is -0.494 e. The van der Waals surface area contributed by atoms with Gasteiger partial charge in [0.15, 0.2) is 0 Å². The number of amides is 1. The van der Waals surface area contributed by atoms with Crippen LogP contribution in [0.15, 0.2) is 29.4 Å². The first kappa shape index (κ1) is 15.8. The van der Waals surface area contributed by atoms with Gasteiger partial charge < -0.3 is 21.0 Å². The van der Waals surface area contributed by atoms with Gasteiger partial charge in [0.05, 0.1) is 6.61 Å². The summed E-state index contributed by atoms with van der Waals surface area (Å²) in [4.78, 5) is 12.0. The van der Waals surface area contributed by atoms with Crippen LogP contribution in [0.3, 0.4) is 0 Å². The van der Waals surface area contributed by atoms with Crippen LogP contribution in [0.1, 0.15) is 30.6 Å². The molecule has 6 nitrogen and oxygen atoms in total. The summed E-state index contributed by atoms with van der Waals surface area (Å²) < 4.78 is 5.48. The fourth-order valence-electron chi connectivity index (χ4n) is 1.50. The van der Waals surface area contributed by atoms with E-state index in [0.717, 1.165) is 6.42 Å². The fourth-order valence-corrected chi connectivity index (χ4v) is 1.50. The SMILES string of the molecule is CCCOc1cccc(C(=O)NCC(C)C(N)=NO)c1. The third-order valence-corrected chi connectivity index (χ3v) is 2.76. The van der Waals surface area contributed by atoms with E-state index in [-0.39, 0.29) is 17.7 Å². The number of rotatable bonds is 7. The van der Waals surface area contributed by atoms with E-state index in [1.165, 1.54) is 0 Å². The van der Waals surface area contributed by atoms with Gasteiger partial charge in [-0.1, -0.05) is 25.1 Å². The Bertz CT molecular complexity index is 474. The summed E-state index contributed by atoms with van der Waals surface area (Å²) in [7, 11) is 0. The van der Waals surface area contributed by atoms with E-state index >= 15 is 0 Å². The normalized spacial score (nSPS) is 12.8. The second-order valence-electron chi connectivity index (χ2n) is 4.51. The predicted octanol–water partition coefficient (Wildman–Crippen LogP) is 1.59. The van der Waals surface area contributed by atoms with Crippen molar-refractivity contribution in [3.05, 3.63) is 29.8 Å². The van der Waals surface area contributed by atoms with Gasteiger partial charge in [0.25, 0.3) is 5.91 Å². The Morgan fingerprint density at radius 2 is 2.30 bits per heavy atom. The average Bonchev–Trinajstić information content (AvgIpc) is 2.49. The lowest BCUT2D eigenvalue weighted by molar-refractivity contribution is 0.0950. The highest BCUT2D eigenvalue weighted by Crippen LogP contribution is 2.13. The van der Waals surface area contributed by atoms with Gasteiger partial charge in [0.2, 0.25) is 0 Å². The Morgan fingerprint density at radius 1 is 1.55 bits per heavy atom. The second-order valence-corrected chi connectivity index (χ2v) is 4.51. The Labute approximate surface area is 118 Å². The maximum Gasteiger partial charge on any atom is 0.251 e. The molecule has 1 amide bonds. The van der Waals surface area contributed by atoms with Crippen LogP contribution >= 0.6 is 0 Å². The lowest BCUT2D eigenvalue weighted by Gasteiger charge is -2.11. The highest BCUT2D eigenvalue weighted by atomic mass is 16.5. The van der Waals surface area contributed by atoms with Crippen LogP contribution in [0.4, 0.5) is 0 Å². The fraction of sp³-hybridized carbons (Fsp3) is 0.429. The lowest BCUT2D eigenvalue weighted by Crippen LogP contribution is -2.34. The molecule has 0 spiro atoms. The van der Waals surface area contributed by atoms with Crippen LogP contribution in [0.5, 0.6) is 5.75 Å². The highest BCUT2D eigenvalue weighted by Gasteiger charge is 2.11. The summed E-state index contributed by atoms with van der Waals surface area (Å²) in [5, 5.41) is 14.2. The minimum atomic E-state index is -0.233. The smallest absolute Gasteiger partial charge is 0.251 e. The first-order valence-corrected chi connectivity index (χ1v) is 6.57. The highest BCUT2D eigenvalue weighted by molar-refractivity contribution is 5.95. The van der Waals surface area contributed by atoms with Crippen molar-refractivity contribution in [3.63, 3.8) is 0 Å². The second kappa shape index (κ2) is 8.04. The molecule has 1 rings (SSSR count). The Kier molecular flexibility index (Phi) is 6.36. The molecule has 0 heterocycles. The number of amidine groups is 1. The molecule has 6 heteroatoms. The van der Waals surface area contributed by atoms with E-state index in [1.54, 1.807) is 25.1 Å². The van der Waals surface area contributed by atoms with E-state index in [1.807, 2.05) is 13.0 Å². The number of hydrogen-bond donors (Lipinski definition) is 3. The maximum absolute atomic E-state index is 12.0. The van der Waals surface area contributed by atoms with Crippen molar-refractivity contribution in [2.75, 3.05) is 13.2 Å². The summed E-state index contributed by atoms with van der Waals surface area (Å²) in [6, 6.07) is 6.99. The van der Waals surface area contributed by atoms with Crippen molar-refractivity contribution in [2.24, 2.45) is 16.8 Å². The Balaban J connectivity index is 2.59. The zero-order chi connectivity index (χ0) is 15.0. The molecule has 110 valence electrons. The molecular weight excluding hydrogens is 258 g/mol. The van der Waals surface area contributed by atoms with Crippen molar-refractivity contribution in [1.82, 2.24) is 5.32 Å². The van der Waals surface area contributed by atoms with Crippen molar-refractivity contribution < 1.29 is 14.7 Å². The van der Waals surface area contributed by atoms with Crippen LogP contribution in [-0.2, 0) is 0 Å². The van der Waals surface area contributed by atoms with Crippen molar-refractivity contribution >= 4 is 11.7 Å². The average molecular weight is 279 g/mol. The molecule has 0 bridgehead atoms. The monoisotopic (exact) mass is 279 g/mol. The number of nitrogens with two attached hydrogens (primary N) is 1. The Hall–Kier alpha value is -2.24. The van der Waals surface area contributed by atoms with Crippen molar-refractivity contribution in [1.29, 1.82) is 0 Å². The molecule has 1 atom stereocenters. The summed E-state index contributed by atoms with van der Waals surface area (Å²) in [5.41, 5.74) is 5.97. The van der Waals surface area contributed by atoms with E-state index < -0.39 is 0 Å². The molecule has 0 aliphatic rings. The molecular formula is C14H21N3O3. The number of nitrogens with one attached hydrogen (secondary N) is 1. The Morgan fingerprint density at radius 3 is 2.95 bits per heavy atom. The number of hydrogen-bond acceptors (Lipinski definition) is 4. The van der Waals surface area contributed by atoms with Gasteiger partial charge in [0, 0.05) is 18.0 Å². The number of carbonyl (C=O) groups excluding carboxylic acids is 1. The van der Waals surface area contributed by atoms with E-state index in [4.69, 9.17) is 15.7 Å². The standard InChI is InChI=1S/C14H21N3O3/c1-3-7-20-12-6-4-5-11(8-12)14(18)16-9-10(2)13(15)17-19/h4-6,8,10,19H,3,7,9H2,1-2H3,(H2,15,17)(H,16,18). The van der Waals surface area contributed by atoms with Crippen LogP contribution < -0.4 is 15.8 Å². The lowest BCUT2D eigenvalue weighted by atomic mass is 10.1. The molecule has 0 aliphatic heterocycles. The third-order valence-electron chi connectivity index (χ3n) is 2.76. The van der Waals surface area contributed by atoms with Gasteiger partial charge in [-0.3, -0.25) is 4.79 Å². The summed E-state index contributed by atoms with van der Waals surface area (Å²) >= 11 is 0. The molecule has 0 fully saturated rings. The van der Waals surface area contributed by atoms with Crippen LogP contribution in [0.2, 0.25) is 0 Å². The third kappa shape index (κ3) is 4.79. The molecule has 0 aliphatic carbocycles. The van der Waals surface area contributed by atoms with Gasteiger partial charge in [0.1, 0.15) is 11.6 Å². The first-order chi connectivity index (χ1) is 9.58. The van der Waals surface area contributed by atoms with Crippen LogP contribution in [0.25, 0.3) is 0 Å². The van der Waals surface area contributed by atoms with E-state index in [2.05, 4.69) is 10.5 Å². The largest absolute Gasteiger partial charge is 0.494 e. The van der Waals surface area contributed by atoms with Crippen LogP contribution in [0, 0.1) is 5.92 Å². The van der Waals surface area contributed by atoms with E-state index in [0.29, 0.717) is 24.5 Å². The molecule has 20 heavy (non-hydrogen) atoms. The molecule has 1 aromatic rings. The summed E-state index contributed by atoms with van der Waals surface area (Å²) in [6.07, 6.45) is 0.910. The maximum atomic E-state index is 12.0. The number of carbonyl (C=O) groups is 1. The van der Waals surface area contributed by atoms with Crippen LogP contribution in [-0.4, -0.2) is 30.1 Å². The number of benzene rings is 1. The summed E-state index contributed by atoms with van der Waals surface area (Å²) in [6.45, 7) is 4.70. The topological polar surface area (TPSA) is 96.9 Å². The molecule has 0 radical (unpaired) electrons. The van der Waals surface area contributed by atoms with Gasteiger partial charge in [-0.15, -0.1) is 0 Å². The van der Waals surface area contributed by atoms with Crippen molar-refractivity contribution in [2.45, 2.75) is 20.3 Å². The quantitative estimate of drug-likeness (QED) is 0.305. The minimum absolute atomic E-state index is 0.0883. The zero-order valence-electron chi connectivity index (χ0n) is 11.8. The van der Waals surface area contributed by atoms with Crippen molar-refractivity contribution in [3.8, 4) is 5.75 Å². The van der Waals surface area contributed by atoms with Gasteiger partial charge in [-0.25, -0.2) is 0 Å². The molecule has 1 aromatic carbocycles. The van der Waals surface area contributed by atoms with Gasteiger partial charge in [-0.05, 0) is 24.6 Å². The number of oxime groups is 1. The molecule has 1 unspecified atom stereocenters.